The number of anilines is 2. The van der Waals surface area contributed by atoms with Crippen molar-refractivity contribution in [2.24, 2.45) is 11.8 Å². The summed E-state index contributed by atoms with van der Waals surface area (Å²) in [5.74, 6) is -2.32. The van der Waals surface area contributed by atoms with E-state index < -0.39 is 23.3 Å². The maximum atomic E-state index is 13.8. The van der Waals surface area contributed by atoms with Crippen LogP contribution in [-0.4, -0.2) is 30.3 Å². The van der Waals surface area contributed by atoms with Crippen molar-refractivity contribution in [1.82, 2.24) is 0 Å². The van der Waals surface area contributed by atoms with Crippen LogP contribution in [0.5, 0.6) is 0 Å². The Bertz CT molecular complexity index is 1180. The molecule has 2 aromatic rings. The number of carbonyl (C=O) groups is 3. The first-order valence-electron chi connectivity index (χ1n) is 10.2. The van der Waals surface area contributed by atoms with E-state index in [1.165, 1.54) is 4.90 Å². The molecular formula is C22H17Cl3N3O3+. The monoisotopic (exact) mass is 476 g/mol. The van der Waals surface area contributed by atoms with Gasteiger partial charge in [-0.2, -0.15) is 0 Å². The minimum atomic E-state index is -1.17. The molecule has 1 spiro atoms. The van der Waals surface area contributed by atoms with Crippen molar-refractivity contribution >= 4 is 63.9 Å². The van der Waals surface area contributed by atoms with Crippen molar-refractivity contribution in [3.63, 3.8) is 0 Å². The number of halogens is 3. The van der Waals surface area contributed by atoms with Crippen molar-refractivity contribution in [2.75, 3.05) is 16.8 Å². The zero-order valence-corrected chi connectivity index (χ0v) is 18.4. The summed E-state index contributed by atoms with van der Waals surface area (Å²) in [6, 6.07) is 9.77. The summed E-state index contributed by atoms with van der Waals surface area (Å²) in [4.78, 5) is 43.2. The van der Waals surface area contributed by atoms with Crippen LogP contribution in [0.25, 0.3) is 0 Å². The molecule has 2 N–H and O–H groups in total. The molecule has 4 aliphatic heterocycles. The summed E-state index contributed by atoms with van der Waals surface area (Å²) in [5.41, 5.74) is 0.515. The molecule has 2 aromatic carbocycles. The number of fused-ring (bicyclic) bond motifs is 7. The molecule has 0 aromatic heterocycles. The van der Waals surface area contributed by atoms with Crippen LogP contribution in [0.3, 0.4) is 0 Å². The SMILES string of the molecule is O=C1[C@H]2[C@@H](C(=O)N1c1cc(Cl)cc(Cl)c1)[C@@]1(C(=O)Nc3ccc(Cl)cc31)[NH+]1CCC[C@@H]21. The number of hydrogen-bond donors (Lipinski definition) is 2. The molecule has 0 radical (unpaired) electrons. The second kappa shape index (κ2) is 6.45. The zero-order chi connectivity index (χ0) is 21.7. The van der Waals surface area contributed by atoms with Crippen LogP contribution in [0, 0.1) is 11.8 Å². The molecule has 0 aliphatic carbocycles. The molecule has 1 unspecified atom stereocenters. The highest BCUT2D eigenvalue weighted by atomic mass is 35.5. The average Bonchev–Trinajstić information content (AvgIpc) is 3.39. The number of quaternary nitrogens is 1. The van der Waals surface area contributed by atoms with E-state index in [-0.39, 0.29) is 17.9 Å². The average molecular weight is 478 g/mol. The lowest BCUT2D eigenvalue weighted by Crippen LogP contribution is -3.19. The van der Waals surface area contributed by atoms with Crippen LogP contribution in [0.1, 0.15) is 18.4 Å². The van der Waals surface area contributed by atoms with Crippen molar-refractivity contribution in [2.45, 2.75) is 24.4 Å². The Morgan fingerprint density at radius 2 is 1.71 bits per heavy atom. The summed E-state index contributed by atoms with van der Waals surface area (Å²) in [6.45, 7) is 0.723. The van der Waals surface area contributed by atoms with Crippen molar-refractivity contribution in [1.29, 1.82) is 0 Å². The number of nitrogens with zero attached hydrogens (tertiary/aromatic N) is 1. The third kappa shape index (κ3) is 2.36. The number of amides is 3. The minimum Gasteiger partial charge on any atom is -0.320 e. The van der Waals surface area contributed by atoms with E-state index in [1.54, 1.807) is 36.4 Å². The Balaban J connectivity index is 1.57. The van der Waals surface area contributed by atoms with E-state index >= 15 is 0 Å². The third-order valence-electron chi connectivity index (χ3n) is 7.28. The smallest absolute Gasteiger partial charge is 0.291 e. The molecule has 3 fully saturated rings. The fourth-order valence-corrected chi connectivity index (χ4v) is 7.04. The summed E-state index contributed by atoms with van der Waals surface area (Å²) in [5, 5.41) is 4.10. The predicted octanol–water partition coefficient (Wildman–Crippen LogP) is 2.66. The molecule has 0 bridgehead atoms. The molecule has 158 valence electrons. The molecule has 4 aliphatic rings. The third-order valence-corrected chi connectivity index (χ3v) is 7.96. The number of carbonyl (C=O) groups excluding carboxylic acids is 3. The molecule has 31 heavy (non-hydrogen) atoms. The summed E-state index contributed by atoms with van der Waals surface area (Å²) >= 11 is 18.6. The van der Waals surface area contributed by atoms with E-state index in [2.05, 4.69) is 5.32 Å². The van der Waals surface area contributed by atoms with Crippen LogP contribution < -0.4 is 15.1 Å². The largest absolute Gasteiger partial charge is 0.320 e. The molecule has 6 nitrogen and oxygen atoms in total. The molecular weight excluding hydrogens is 461 g/mol. The van der Waals surface area contributed by atoms with Gasteiger partial charge in [0.25, 0.3) is 5.91 Å². The van der Waals surface area contributed by atoms with Gasteiger partial charge in [-0.05, 0) is 36.4 Å². The molecule has 0 saturated carbocycles. The second-order valence-electron chi connectivity index (χ2n) is 8.62. The standard InChI is InChI=1S/C22H16Cl3N3O3/c23-10-3-4-15-14(9-10)22(21(31)26-15)18-17(16-2-1-5-27(16)22)19(29)28(20(18)30)13-7-11(24)6-12(25)8-13/h3-4,6-9,16-18H,1-2,5H2,(H,26,31)/p+1/t16-,17+,18-,22-/m0/s1. The first kappa shape index (κ1) is 19.6. The van der Waals surface area contributed by atoms with Gasteiger partial charge < -0.3 is 10.2 Å². The molecule has 3 amide bonds. The lowest BCUT2D eigenvalue weighted by Gasteiger charge is -2.33. The molecule has 3 saturated heterocycles. The quantitative estimate of drug-likeness (QED) is 0.621. The van der Waals surface area contributed by atoms with Crippen LogP contribution in [-0.2, 0) is 19.9 Å². The van der Waals surface area contributed by atoms with Crippen LogP contribution in [0.4, 0.5) is 11.4 Å². The molecule has 5 atom stereocenters. The zero-order valence-electron chi connectivity index (χ0n) is 16.1. The van der Waals surface area contributed by atoms with E-state index in [0.29, 0.717) is 32.0 Å². The molecule has 4 heterocycles. The van der Waals surface area contributed by atoms with Gasteiger partial charge in [0, 0.05) is 33.5 Å². The lowest BCUT2D eigenvalue weighted by molar-refractivity contribution is -0.948. The highest BCUT2D eigenvalue weighted by Crippen LogP contribution is 2.52. The Labute approximate surface area is 193 Å². The van der Waals surface area contributed by atoms with Gasteiger partial charge in [-0.3, -0.25) is 14.4 Å². The summed E-state index contributed by atoms with van der Waals surface area (Å²) in [7, 11) is 0. The maximum Gasteiger partial charge on any atom is 0.291 e. The van der Waals surface area contributed by atoms with Gasteiger partial charge in [0.05, 0.1) is 17.9 Å². The normalized spacial score (nSPS) is 33.1. The molecule has 9 heteroatoms. The first-order valence-corrected chi connectivity index (χ1v) is 11.3. The number of benzene rings is 2. The highest BCUT2D eigenvalue weighted by Gasteiger charge is 2.78. The second-order valence-corrected chi connectivity index (χ2v) is 9.93. The Morgan fingerprint density at radius 1 is 0.968 bits per heavy atom. The Morgan fingerprint density at radius 3 is 2.45 bits per heavy atom. The Hall–Kier alpha value is -2.12. The van der Waals surface area contributed by atoms with E-state index in [0.717, 1.165) is 24.3 Å². The Kier molecular flexibility index (Phi) is 4.07. The van der Waals surface area contributed by atoms with E-state index in [1.807, 2.05) is 0 Å². The first-order chi connectivity index (χ1) is 14.8. The van der Waals surface area contributed by atoms with E-state index in [9.17, 15) is 14.4 Å². The van der Waals surface area contributed by atoms with Gasteiger partial charge >= 0.3 is 0 Å². The number of hydrogen-bond acceptors (Lipinski definition) is 3. The van der Waals surface area contributed by atoms with E-state index in [4.69, 9.17) is 34.8 Å². The fourth-order valence-electron chi connectivity index (χ4n) is 6.35. The van der Waals surface area contributed by atoms with Gasteiger partial charge in [0.15, 0.2) is 0 Å². The predicted molar refractivity (Wildman–Crippen MR) is 117 cm³/mol. The minimum absolute atomic E-state index is 0.114. The van der Waals surface area contributed by atoms with Crippen LogP contribution >= 0.6 is 34.8 Å². The van der Waals surface area contributed by atoms with Crippen molar-refractivity contribution < 1.29 is 19.3 Å². The number of imide groups is 1. The number of rotatable bonds is 1. The van der Waals surface area contributed by atoms with Gasteiger partial charge in [-0.25, -0.2) is 4.90 Å². The van der Waals surface area contributed by atoms with Crippen molar-refractivity contribution in [3.8, 4) is 0 Å². The maximum absolute atomic E-state index is 13.8. The molecule has 6 rings (SSSR count). The van der Waals surface area contributed by atoms with Crippen LogP contribution in [0.2, 0.25) is 15.1 Å². The van der Waals surface area contributed by atoms with Crippen molar-refractivity contribution in [3.05, 3.63) is 57.0 Å². The van der Waals surface area contributed by atoms with Gasteiger partial charge in [-0.15, -0.1) is 0 Å². The van der Waals surface area contributed by atoms with Crippen LogP contribution in [0.15, 0.2) is 36.4 Å². The van der Waals surface area contributed by atoms with Gasteiger partial charge in [0.1, 0.15) is 17.9 Å². The highest BCUT2D eigenvalue weighted by molar-refractivity contribution is 6.36. The topological polar surface area (TPSA) is 70.9 Å². The summed E-state index contributed by atoms with van der Waals surface area (Å²) in [6.07, 6.45) is 1.67. The fraction of sp³-hybridized carbons (Fsp3) is 0.318. The van der Waals surface area contributed by atoms with Gasteiger partial charge in [-0.1, -0.05) is 34.8 Å². The summed E-state index contributed by atoms with van der Waals surface area (Å²) < 4.78 is 0. The number of nitrogens with one attached hydrogen (secondary N) is 2. The lowest BCUT2D eigenvalue weighted by atomic mass is 9.75. The van der Waals surface area contributed by atoms with Gasteiger partial charge in [0.2, 0.25) is 17.4 Å².